The standard InChI is InChI=1S/C31H22F2N4O7S/c1-36(45(2,41)42)24-15-26-21(28(30(34)38)27(43-26)12-16-6-9-18(32)10-7-16)14-19(24)17-8-11-23(37(39)40)20(13-17)31-35-29-22(33)4-3-5-25(29)44-31/h3-11,13-15H,12H2,1-2H3,(H2,34,38). The highest BCUT2D eigenvalue weighted by atomic mass is 32.2. The molecule has 0 bridgehead atoms. The maximum absolute atomic E-state index is 14.4. The monoisotopic (exact) mass is 632 g/mol. The molecule has 2 N–H and O–H groups in total. The van der Waals surface area contributed by atoms with E-state index in [1.54, 1.807) is 0 Å². The van der Waals surface area contributed by atoms with E-state index in [0.717, 1.165) is 10.6 Å². The van der Waals surface area contributed by atoms with Gasteiger partial charge in [-0.05, 0) is 53.6 Å². The molecule has 0 radical (unpaired) electrons. The van der Waals surface area contributed by atoms with Gasteiger partial charge in [0.05, 0.1) is 22.4 Å². The van der Waals surface area contributed by atoms with E-state index >= 15 is 0 Å². The summed E-state index contributed by atoms with van der Waals surface area (Å²) in [5.41, 5.74) is 6.67. The first-order valence-electron chi connectivity index (χ1n) is 13.2. The van der Waals surface area contributed by atoms with E-state index in [4.69, 9.17) is 14.6 Å². The zero-order valence-electron chi connectivity index (χ0n) is 23.6. The van der Waals surface area contributed by atoms with Crippen molar-refractivity contribution in [3.63, 3.8) is 0 Å². The molecule has 0 saturated heterocycles. The number of para-hydroxylation sites is 1. The smallest absolute Gasteiger partial charge is 0.282 e. The van der Waals surface area contributed by atoms with Crippen LogP contribution < -0.4 is 10.0 Å². The van der Waals surface area contributed by atoms with Crippen molar-refractivity contribution < 1.29 is 35.8 Å². The highest BCUT2D eigenvalue weighted by molar-refractivity contribution is 7.92. The average molecular weight is 633 g/mol. The van der Waals surface area contributed by atoms with Crippen molar-refractivity contribution in [2.75, 3.05) is 17.6 Å². The fraction of sp³-hybridized carbons (Fsp3) is 0.0968. The number of nitro benzene ring substituents is 1. The molecule has 0 saturated carbocycles. The van der Waals surface area contributed by atoms with Gasteiger partial charge in [-0.3, -0.25) is 19.2 Å². The van der Waals surface area contributed by atoms with Crippen molar-refractivity contribution in [1.29, 1.82) is 0 Å². The van der Waals surface area contributed by atoms with Crippen LogP contribution in [0.2, 0.25) is 0 Å². The summed E-state index contributed by atoms with van der Waals surface area (Å²) in [6, 6.07) is 16.5. The highest BCUT2D eigenvalue weighted by Gasteiger charge is 2.27. The molecule has 0 fully saturated rings. The minimum atomic E-state index is -3.85. The number of nitrogens with zero attached hydrogens (tertiary/aromatic N) is 3. The molecule has 0 spiro atoms. The van der Waals surface area contributed by atoms with Crippen LogP contribution in [0.5, 0.6) is 0 Å². The van der Waals surface area contributed by atoms with Crippen molar-refractivity contribution in [2.45, 2.75) is 6.42 Å². The Morgan fingerprint density at radius 3 is 2.38 bits per heavy atom. The number of hydrogen-bond donors (Lipinski definition) is 1. The van der Waals surface area contributed by atoms with Gasteiger partial charge in [-0.2, -0.15) is 0 Å². The number of nitro groups is 1. The summed E-state index contributed by atoms with van der Waals surface area (Å²) in [4.78, 5) is 28.2. The molecule has 6 aromatic rings. The van der Waals surface area contributed by atoms with Gasteiger partial charge in [0.1, 0.15) is 28.2 Å². The Labute approximate surface area is 253 Å². The zero-order chi connectivity index (χ0) is 32.2. The van der Waals surface area contributed by atoms with E-state index in [1.165, 1.54) is 79.8 Å². The summed E-state index contributed by atoms with van der Waals surface area (Å²) in [6.07, 6.45) is 1.07. The van der Waals surface area contributed by atoms with Crippen LogP contribution in [0.4, 0.5) is 20.2 Å². The molecule has 0 aliphatic rings. The van der Waals surface area contributed by atoms with E-state index in [0.29, 0.717) is 5.56 Å². The number of primary amides is 1. The third-order valence-electron chi connectivity index (χ3n) is 7.34. The number of carbonyl (C=O) groups is 1. The molecule has 2 heterocycles. The molecule has 1 amide bonds. The molecule has 2 aromatic heterocycles. The minimum Gasteiger partial charge on any atom is -0.460 e. The minimum absolute atomic E-state index is 0.0284. The van der Waals surface area contributed by atoms with Gasteiger partial charge in [0.15, 0.2) is 11.4 Å². The number of carbonyl (C=O) groups excluding carboxylic acids is 1. The van der Waals surface area contributed by atoms with Gasteiger partial charge in [0, 0.05) is 36.6 Å². The lowest BCUT2D eigenvalue weighted by atomic mass is 9.96. The lowest BCUT2D eigenvalue weighted by Crippen LogP contribution is -2.25. The van der Waals surface area contributed by atoms with E-state index in [2.05, 4.69) is 4.98 Å². The van der Waals surface area contributed by atoms with Crippen LogP contribution in [-0.2, 0) is 16.4 Å². The first kappa shape index (κ1) is 29.4. The number of oxazole rings is 1. The number of furan rings is 1. The van der Waals surface area contributed by atoms with Crippen LogP contribution in [0.25, 0.3) is 44.7 Å². The zero-order valence-corrected chi connectivity index (χ0v) is 24.4. The number of aromatic nitrogens is 1. The highest BCUT2D eigenvalue weighted by Crippen LogP contribution is 2.42. The van der Waals surface area contributed by atoms with Crippen LogP contribution in [0.3, 0.4) is 0 Å². The van der Waals surface area contributed by atoms with Gasteiger partial charge in [0.25, 0.3) is 11.6 Å². The number of halogens is 2. The van der Waals surface area contributed by atoms with Gasteiger partial charge >= 0.3 is 0 Å². The lowest BCUT2D eigenvalue weighted by Gasteiger charge is -2.21. The number of amides is 1. The van der Waals surface area contributed by atoms with Crippen molar-refractivity contribution in [3.05, 3.63) is 111 Å². The second-order valence-electron chi connectivity index (χ2n) is 10.3. The van der Waals surface area contributed by atoms with Gasteiger partial charge in [0.2, 0.25) is 15.9 Å². The molecule has 14 heteroatoms. The Balaban J connectivity index is 1.60. The Morgan fingerprint density at radius 2 is 1.73 bits per heavy atom. The molecule has 6 rings (SSSR count). The van der Waals surface area contributed by atoms with Crippen LogP contribution in [0.1, 0.15) is 21.7 Å². The van der Waals surface area contributed by atoms with Crippen molar-refractivity contribution in [2.24, 2.45) is 5.73 Å². The molecule has 45 heavy (non-hydrogen) atoms. The van der Waals surface area contributed by atoms with E-state index in [9.17, 15) is 32.1 Å². The molecule has 0 atom stereocenters. The number of fused-ring (bicyclic) bond motifs is 2. The van der Waals surface area contributed by atoms with Crippen molar-refractivity contribution in [3.8, 4) is 22.6 Å². The number of rotatable bonds is 8. The summed E-state index contributed by atoms with van der Waals surface area (Å²) in [5.74, 6) is -2.00. The number of benzene rings is 4. The number of sulfonamides is 1. The number of anilines is 1. The van der Waals surface area contributed by atoms with Gasteiger partial charge < -0.3 is 14.6 Å². The fourth-order valence-corrected chi connectivity index (χ4v) is 5.61. The maximum Gasteiger partial charge on any atom is 0.282 e. The third kappa shape index (κ3) is 5.35. The largest absolute Gasteiger partial charge is 0.460 e. The second-order valence-corrected chi connectivity index (χ2v) is 12.3. The van der Waals surface area contributed by atoms with Crippen molar-refractivity contribution >= 4 is 49.4 Å². The molecule has 11 nitrogen and oxygen atoms in total. The Kier molecular flexibility index (Phi) is 7.08. The molecular formula is C31H22F2N4O7S. The third-order valence-corrected chi connectivity index (χ3v) is 8.54. The van der Waals surface area contributed by atoms with Gasteiger partial charge in [-0.15, -0.1) is 0 Å². The number of hydrogen-bond acceptors (Lipinski definition) is 8. The summed E-state index contributed by atoms with van der Waals surface area (Å²) in [5, 5.41) is 12.2. The van der Waals surface area contributed by atoms with E-state index in [1.807, 2.05) is 0 Å². The second kappa shape index (κ2) is 10.8. The Hall–Kier alpha value is -5.63. The molecule has 0 aliphatic heterocycles. The molecule has 0 unspecified atom stereocenters. The lowest BCUT2D eigenvalue weighted by molar-refractivity contribution is -0.384. The quantitative estimate of drug-likeness (QED) is 0.154. The SMILES string of the molecule is CN(c1cc2oc(Cc3ccc(F)cc3)c(C(N)=O)c2cc1-c1ccc([N+](=O)[O-])c(-c2nc3c(F)cccc3o2)c1)S(C)(=O)=O. The summed E-state index contributed by atoms with van der Waals surface area (Å²) < 4.78 is 66.0. The topological polar surface area (TPSA) is 163 Å². The molecule has 4 aromatic carbocycles. The fourth-order valence-electron chi connectivity index (χ4n) is 5.10. The predicted octanol–water partition coefficient (Wildman–Crippen LogP) is 6.18. The Morgan fingerprint density at radius 1 is 1.00 bits per heavy atom. The van der Waals surface area contributed by atoms with Gasteiger partial charge in [-0.1, -0.05) is 18.2 Å². The molecule has 0 aliphatic carbocycles. The summed E-state index contributed by atoms with van der Waals surface area (Å²) >= 11 is 0. The Bertz CT molecular complexity index is 2280. The first-order chi connectivity index (χ1) is 21.3. The van der Waals surface area contributed by atoms with E-state index < -0.39 is 38.2 Å². The molecule has 228 valence electrons. The van der Waals surface area contributed by atoms with Crippen LogP contribution in [0, 0.1) is 21.7 Å². The normalized spacial score (nSPS) is 11.7. The van der Waals surface area contributed by atoms with Crippen molar-refractivity contribution in [1.82, 2.24) is 4.98 Å². The van der Waals surface area contributed by atoms with Crippen LogP contribution in [0.15, 0.2) is 81.6 Å². The van der Waals surface area contributed by atoms with Crippen LogP contribution in [-0.4, -0.2) is 37.5 Å². The average Bonchev–Trinajstić information content (AvgIpc) is 3.58. The first-order valence-corrected chi connectivity index (χ1v) is 15.1. The maximum atomic E-state index is 14.4. The van der Waals surface area contributed by atoms with Gasteiger partial charge in [-0.25, -0.2) is 22.2 Å². The summed E-state index contributed by atoms with van der Waals surface area (Å²) in [7, 11) is -2.54. The summed E-state index contributed by atoms with van der Waals surface area (Å²) in [6.45, 7) is 0. The van der Waals surface area contributed by atoms with Crippen LogP contribution >= 0.6 is 0 Å². The number of nitrogens with two attached hydrogens (primary N) is 1. The molecular weight excluding hydrogens is 610 g/mol. The van der Waals surface area contributed by atoms with E-state index in [-0.39, 0.29) is 68.1 Å². The predicted molar refractivity (Wildman–Crippen MR) is 162 cm³/mol.